The molecule has 2 aliphatic rings. The van der Waals surface area contributed by atoms with Crippen molar-refractivity contribution < 1.29 is 23.0 Å². The quantitative estimate of drug-likeness (QED) is 0.808. The molecule has 0 aromatic heterocycles. The zero-order valence-corrected chi connectivity index (χ0v) is 13.9. The molecule has 1 aromatic carbocycles. The van der Waals surface area contributed by atoms with Gasteiger partial charge in [-0.25, -0.2) is 13.1 Å². The Morgan fingerprint density at radius 1 is 1.39 bits per heavy atom. The van der Waals surface area contributed by atoms with Crippen molar-refractivity contribution in [3.8, 4) is 11.5 Å². The number of hydrogen-bond donors (Lipinski definition) is 2. The van der Waals surface area contributed by atoms with Crippen LogP contribution in [0.3, 0.4) is 0 Å². The van der Waals surface area contributed by atoms with Crippen LogP contribution in [-0.2, 0) is 10.0 Å². The number of nitrogens with one attached hydrogen (secondary N) is 1. The third kappa shape index (κ3) is 4.35. The molecule has 2 atom stereocenters. The number of benzene rings is 1. The maximum absolute atomic E-state index is 11.4. The molecule has 0 saturated carbocycles. The number of ether oxygens (including phenoxy) is 2. The molecule has 1 saturated heterocycles. The first-order valence-corrected chi connectivity index (χ1v) is 9.57. The third-order valence-corrected chi connectivity index (χ3v) is 4.86. The molecular weight excluding hydrogens is 320 g/mol. The van der Waals surface area contributed by atoms with Gasteiger partial charge in [0, 0.05) is 19.1 Å². The van der Waals surface area contributed by atoms with E-state index in [1.807, 2.05) is 6.07 Å². The topological polar surface area (TPSA) is 88.1 Å². The van der Waals surface area contributed by atoms with E-state index in [0.717, 1.165) is 24.9 Å². The fourth-order valence-electron chi connectivity index (χ4n) is 3.09. The maximum atomic E-state index is 11.4. The van der Waals surface area contributed by atoms with E-state index in [1.54, 1.807) is 12.1 Å². The summed E-state index contributed by atoms with van der Waals surface area (Å²) in [5.41, 5.74) is 0.771. The summed E-state index contributed by atoms with van der Waals surface area (Å²) in [4.78, 5) is 2.08. The van der Waals surface area contributed by atoms with E-state index in [-0.39, 0.29) is 12.8 Å². The van der Waals surface area contributed by atoms with Crippen LogP contribution in [0.2, 0.25) is 0 Å². The van der Waals surface area contributed by atoms with Gasteiger partial charge in [-0.05, 0) is 37.1 Å². The molecule has 1 aromatic rings. The molecule has 3 rings (SSSR count). The summed E-state index contributed by atoms with van der Waals surface area (Å²) in [6, 6.07) is 5.32. The van der Waals surface area contributed by atoms with E-state index in [4.69, 9.17) is 9.47 Å². The number of sulfonamides is 1. The lowest BCUT2D eigenvalue weighted by Gasteiger charge is -2.33. The zero-order valence-electron chi connectivity index (χ0n) is 13.1. The van der Waals surface area contributed by atoms with Crippen LogP contribution in [0, 0.1) is 0 Å². The normalized spacial score (nSPS) is 23.0. The molecule has 1 fully saturated rings. The summed E-state index contributed by atoms with van der Waals surface area (Å²) in [6.07, 6.45) is 2.25. The van der Waals surface area contributed by atoms with Gasteiger partial charge in [0.2, 0.25) is 16.8 Å². The lowest BCUT2D eigenvalue weighted by Crippen LogP contribution is -2.48. The number of rotatable bonds is 5. The number of piperidine rings is 1. The number of aliphatic hydroxyl groups is 1. The van der Waals surface area contributed by atoms with Gasteiger partial charge >= 0.3 is 0 Å². The van der Waals surface area contributed by atoms with Crippen LogP contribution in [0.1, 0.15) is 24.5 Å². The Labute approximate surface area is 136 Å². The van der Waals surface area contributed by atoms with Crippen molar-refractivity contribution in [1.82, 2.24) is 9.62 Å². The number of aliphatic hydroxyl groups excluding tert-OH is 1. The van der Waals surface area contributed by atoms with Gasteiger partial charge < -0.3 is 14.6 Å². The molecule has 8 heteroatoms. The van der Waals surface area contributed by atoms with E-state index >= 15 is 0 Å². The van der Waals surface area contributed by atoms with E-state index in [0.29, 0.717) is 24.6 Å². The largest absolute Gasteiger partial charge is 0.454 e. The first kappa shape index (κ1) is 16.5. The van der Waals surface area contributed by atoms with Crippen LogP contribution >= 0.6 is 0 Å². The van der Waals surface area contributed by atoms with Crippen LogP contribution < -0.4 is 14.2 Å². The fraction of sp³-hybridized carbons (Fsp3) is 0.600. The van der Waals surface area contributed by atoms with Gasteiger partial charge in [-0.2, -0.15) is 0 Å². The van der Waals surface area contributed by atoms with Crippen LogP contribution in [0.5, 0.6) is 11.5 Å². The van der Waals surface area contributed by atoms with Crippen LogP contribution in [-0.4, -0.2) is 57.1 Å². The molecule has 0 bridgehead atoms. The minimum atomic E-state index is -3.20. The third-order valence-electron chi connectivity index (χ3n) is 4.10. The second-order valence-electron chi connectivity index (χ2n) is 6.12. The lowest BCUT2D eigenvalue weighted by molar-refractivity contribution is 0.0941. The van der Waals surface area contributed by atoms with Crippen LogP contribution in [0.4, 0.5) is 0 Å². The van der Waals surface area contributed by atoms with E-state index in [9.17, 15) is 13.5 Å². The summed E-state index contributed by atoms with van der Waals surface area (Å²) in [6.45, 7) is 2.12. The molecule has 2 heterocycles. The second kappa shape index (κ2) is 6.64. The molecule has 0 amide bonds. The highest BCUT2D eigenvalue weighted by Gasteiger charge is 2.25. The van der Waals surface area contributed by atoms with Crippen molar-refractivity contribution in [2.24, 2.45) is 0 Å². The highest BCUT2D eigenvalue weighted by Crippen LogP contribution is 2.34. The Balaban J connectivity index is 1.60. The number of nitrogens with zero attached hydrogens (tertiary/aromatic N) is 1. The minimum Gasteiger partial charge on any atom is -0.454 e. The molecular formula is C15H22N2O5S. The van der Waals surface area contributed by atoms with Gasteiger partial charge in [-0.15, -0.1) is 0 Å². The first-order chi connectivity index (χ1) is 10.9. The molecule has 0 spiro atoms. The van der Waals surface area contributed by atoms with Gasteiger partial charge in [0.05, 0.1) is 12.4 Å². The summed E-state index contributed by atoms with van der Waals surface area (Å²) in [7, 11) is -3.20. The average molecular weight is 342 g/mol. The molecule has 7 nitrogen and oxygen atoms in total. The number of likely N-dealkylation sites (tertiary alicyclic amines) is 1. The molecule has 0 aliphatic carbocycles. The van der Waals surface area contributed by atoms with Gasteiger partial charge in [-0.1, -0.05) is 6.07 Å². The van der Waals surface area contributed by atoms with Gasteiger partial charge in [0.25, 0.3) is 0 Å². The summed E-state index contributed by atoms with van der Waals surface area (Å²) in [5.74, 6) is 1.34. The van der Waals surface area contributed by atoms with Crippen molar-refractivity contribution >= 4 is 10.0 Å². The highest BCUT2D eigenvalue weighted by molar-refractivity contribution is 7.88. The Bertz CT molecular complexity index is 664. The minimum absolute atomic E-state index is 0.0947. The lowest BCUT2D eigenvalue weighted by atomic mass is 10.0. The fourth-order valence-corrected chi connectivity index (χ4v) is 3.89. The molecule has 128 valence electrons. The second-order valence-corrected chi connectivity index (χ2v) is 7.90. The molecule has 23 heavy (non-hydrogen) atoms. The number of fused-ring (bicyclic) bond motifs is 1. The van der Waals surface area contributed by atoms with Gasteiger partial charge in [-0.3, -0.25) is 4.90 Å². The monoisotopic (exact) mass is 342 g/mol. The van der Waals surface area contributed by atoms with E-state index < -0.39 is 16.1 Å². The van der Waals surface area contributed by atoms with Crippen molar-refractivity contribution in [1.29, 1.82) is 0 Å². The molecule has 2 N–H and O–H groups in total. The van der Waals surface area contributed by atoms with Crippen molar-refractivity contribution in [3.05, 3.63) is 23.8 Å². The van der Waals surface area contributed by atoms with Gasteiger partial charge in [0.15, 0.2) is 11.5 Å². The Hall–Kier alpha value is -1.35. The molecule has 2 unspecified atom stereocenters. The maximum Gasteiger partial charge on any atom is 0.231 e. The SMILES string of the molecule is CS(=O)(=O)NC1CCCN(CC(O)c2ccc3c(c2)OCO3)C1. The smallest absolute Gasteiger partial charge is 0.231 e. The Morgan fingerprint density at radius 2 is 2.17 bits per heavy atom. The number of β-amino-alcohol motifs (C(OH)–C–C–N with tert-alkyl or cyclic N) is 1. The van der Waals surface area contributed by atoms with E-state index in [1.165, 1.54) is 6.26 Å². The zero-order chi connectivity index (χ0) is 16.4. The van der Waals surface area contributed by atoms with Crippen molar-refractivity contribution in [2.75, 3.05) is 32.7 Å². The standard InChI is InChI=1S/C15H22N2O5S/c1-23(19,20)16-12-3-2-6-17(8-12)9-13(18)11-4-5-14-15(7-11)22-10-21-14/h4-5,7,12-13,16,18H,2-3,6,8-10H2,1H3. The predicted octanol–water partition coefficient (Wildman–Crippen LogP) is 0.462. The van der Waals surface area contributed by atoms with Crippen LogP contribution in [0.15, 0.2) is 18.2 Å². The summed E-state index contributed by atoms with van der Waals surface area (Å²) in [5, 5.41) is 10.4. The summed E-state index contributed by atoms with van der Waals surface area (Å²) >= 11 is 0. The van der Waals surface area contributed by atoms with E-state index in [2.05, 4.69) is 9.62 Å². The highest BCUT2D eigenvalue weighted by atomic mass is 32.2. The van der Waals surface area contributed by atoms with Crippen LogP contribution in [0.25, 0.3) is 0 Å². The van der Waals surface area contributed by atoms with Gasteiger partial charge in [0.1, 0.15) is 0 Å². The van der Waals surface area contributed by atoms with Crippen molar-refractivity contribution in [2.45, 2.75) is 25.0 Å². The Kier molecular flexibility index (Phi) is 4.77. The predicted molar refractivity (Wildman–Crippen MR) is 85.0 cm³/mol. The first-order valence-electron chi connectivity index (χ1n) is 7.68. The average Bonchev–Trinajstić information content (AvgIpc) is 2.93. The summed E-state index contributed by atoms with van der Waals surface area (Å²) < 4.78 is 35.9. The Morgan fingerprint density at radius 3 is 2.96 bits per heavy atom. The molecule has 2 aliphatic heterocycles. The molecule has 0 radical (unpaired) electrons. The number of hydrogen-bond acceptors (Lipinski definition) is 6. The van der Waals surface area contributed by atoms with Crippen molar-refractivity contribution in [3.63, 3.8) is 0 Å².